The molecule has 3 saturated heterocycles. The number of benzene rings is 3. The van der Waals surface area contributed by atoms with Gasteiger partial charge in [0, 0.05) is 144 Å². The molecular formula is C70H87N17O3. The van der Waals surface area contributed by atoms with E-state index in [1.807, 2.05) is 68.9 Å². The second kappa shape index (κ2) is 24.6. The minimum absolute atomic E-state index is 0.0802. The van der Waals surface area contributed by atoms with Gasteiger partial charge in [-0.1, -0.05) is 24.3 Å². The number of aryl methyl sites for hydroxylation is 3. The number of rotatable bonds is 3. The van der Waals surface area contributed by atoms with E-state index < -0.39 is 0 Å². The normalized spacial score (nSPS) is 22.6. The summed E-state index contributed by atoms with van der Waals surface area (Å²) < 4.78 is 24.4. The van der Waals surface area contributed by atoms with E-state index in [4.69, 9.17) is 29.2 Å². The van der Waals surface area contributed by atoms with Crippen LogP contribution >= 0.6 is 0 Å². The van der Waals surface area contributed by atoms with E-state index >= 15 is 0 Å². The van der Waals surface area contributed by atoms with Crippen molar-refractivity contribution < 1.29 is 14.2 Å². The molecule has 20 nitrogen and oxygen atoms in total. The Labute approximate surface area is 528 Å². The van der Waals surface area contributed by atoms with Crippen LogP contribution in [0, 0.1) is 20.8 Å². The van der Waals surface area contributed by atoms with E-state index in [9.17, 15) is 0 Å². The first-order valence-electron chi connectivity index (χ1n) is 32.4. The van der Waals surface area contributed by atoms with E-state index in [-0.39, 0.29) is 11.1 Å². The van der Waals surface area contributed by atoms with Crippen molar-refractivity contribution in [1.29, 1.82) is 0 Å². The number of hydrogen-bond acceptors (Lipinski definition) is 17. The summed E-state index contributed by atoms with van der Waals surface area (Å²) in [6, 6.07) is 26.9. The van der Waals surface area contributed by atoms with Crippen molar-refractivity contribution in [2.45, 2.75) is 103 Å². The molecule has 12 heterocycles. The number of aromatic nitrogens is 9. The molecule has 6 aromatic heterocycles. The lowest BCUT2D eigenvalue weighted by atomic mass is 9.95. The maximum atomic E-state index is 6.42. The predicted octanol–water partition coefficient (Wildman–Crippen LogP) is 9.50. The lowest BCUT2D eigenvalue weighted by Crippen LogP contribution is -2.65. The highest BCUT2D eigenvalue weighted by Gasteiger charge is 2.45. The molecule has 1 saturated carbocycles. The van der Waals surface area contributed by atoms with Gasteiger partial charge >= 0.3 is 0 Å². The molecule has 6 aliphatic heterocycles. The van der Waals surface area contributed by atoms with E-state index in [0.717, 1.165) is 176 Å². The zero-order valence-corrected chi connectivity index (χ0v) is 53.6. The predicted molar refractivity (Wildman–Crippen MR) is 357 cm³/mol. The largest absolute Gasteiger partial charge is 0.492 e. The van der Waals surface area contributed by atoms with Gasteiger partial charge in [0.25, 0.3) is 0 Å². The number of ether oxygens (including phenoxy) is 3. The van der Waals surface area contributed by atoms with Crippen LogP contribution in [0.3, 0.4) is 0 Å². The van der Waals surface area contributed by atoms with Crippen molar-refractivity contribution in [2.75, 3.05) is 121 Å². The zero-order chi connectivity index (χ0) is 61.8. The van der Waals surface area contributed by atoms with Crippen molar-refractivity contribution in [1.82, 2.24) is 68.3 Å². The summed E-state index contributed by atoms with van der Waals surface area (Å²) in [5, 5.41) is 20.6. The SMILES string of the molecule is C=CCN1C[C@H]2COc3ccc(C)c(c3)-c3cnn4ccc(nc34)NCCN2CC1(C)C.Cc1ccc2cc1-c1cnn3ccc(nc13)N(C)[C@@H]1CCN(CCO2)C1.Cc1ccc2cc1-c1cnn3ccc(nc13)NCCN1CC(C)(C)N(C3CC3)C[C@H]1CO2. The summed E-state index contributed by atoms with van der Waals surface area (Å²) in [4.78, 5) is 29.9. The van der Waals surface area contributed by atoms with Crippen LogP contribution in [0.25, 0.3) is 50.3 Å². The van der Waals surface area contributed by atoms with Crippen LogP contribution in [0.2, 0.25) is 0 Å². The van der Waals surface area contributed by atoms with E-state index in [0.29, 0.717) is 37.9 Å². The van der Waals surface area contributed by atoms with Crippen LogP contribution in [0.15, 0.2) is 123 Å². The van der Waals surface area contributed by atoms with Crippen LogP contribution in [0.5, 0.6) is 17.2 Å². The quantitative estimate of drug-likeness (QED) is 0.161. The second-order valence-corrected chi connectivity index (χ2v) is 26.9. The molecule has 0 radical (unpaired) electrons. The molecule has 3 aromatic carbocycles. The second-order valence-electron chi connectivity index (χ2n) is 26.9. The fourth-order valence-corrected chi connectivity index (χ4v) is 14.4. The molecule has 0 spiro atoms. The van der Waals surface area contributed by atoms with Crippen LogP contribution < -0.4 is 29.7 Å². The smallest absolute Gasteiger partial charge is 0.165 e. The number of hydrogen-bond donors (Lipinski definition) is 2. The zero-order valence-electron chi connectivity index (χ0n) is 53.6. The first-order valence-corrected chi connectivity index (χ1v) is 32.4. The monoisotopic (exact) mass is 1210 g/mol. The highest BCUT2D eigenvalue weighted by Crippen LogP contribution is 2.39. The summed E-state index contributed by atoms with van der Waals surface area (Å²) in [6.07, 6.45) is 17.5. The van der Waals surface area contributed by atoms with E-state index in [1.54, 1.807) is 0 Å². The van der Waals surface area contributed by atoms with E-state index in [1.165, 1.54) is 29.5 Å². The molecule has 20 heteroatoms. The number of fused-ring (bicyclic) bond motifs is 16. The highest BCUT2D eigenvalue weighted by molar-refractivity contribution is 5.83. The molecule has 9 aromatic rings. The third kappa shape index (κ3) is 12.2. The van der Waals surface area contributed by atoms with Gasteiger partial charge in [-0.25, -0.2) is 28.5 Å². The van der Waals surface area contributed by atoms with Crippen molar-refractivity contribution in [3.63, 3.8) is 0 Å². The summed E-state index contributed by atoms with van der Waals surface area (Å²) in [5.41, 5.74) is 12.9. The Balaban J connectivity index is 0.000000119. The highest BCUT2D eigenvalue weighted by atomic mass is 16.5. The molecule has 4 fully saturated rings. The lowest BCUT2D eigenvalue weighted by molar-refractivity contribution is -0.0341. The van der Waals surface area contributed by atoms with Gasteiger partial charge < -0.3 is 29.7 Å². The van der Waals surface area contributed by atoms with Gasteiger partial charge in [-0.05, 0) is 156 Å². The Kier molecular flexibility index (Phi) is 16.2. The summed E-state index contributed by atoms with van der Waals surface area (Å²) in [7, 11) is 2.15. The molecule has 16 rings (SSSR count). The van der Waals surface area contributed by atoms with Gasteiger partial charge in [0.05, 0.1) is 30.7 Å². The Morgan fingerprint density at radius 3 is 1.57 bits per heavy atom. The summed E-state index contributed by atoms with van der Waals surface area (Å²) in [5.74, 6) is 5.49. The molecule has 1 unspecified atom stereocenters. The summed E-state index contributed by atoms with van der Waals surface area (Å²) >= 11 is 0. The van der Waals surface area contributed by atoms with Crippen LogP contribution in [0.1, 0.15) is 63.6 Å². The molecule has 7 aliphatic rings. The third-order valence-electron chi connectivity index (χ3n) is 19.7. The first kappa shape index (κ1) is 59.5. The molecule has 0 amide bonds. The Morgan fingerprint density at radius 1 is 0.533 bits per heavy atom. The van der Waals surface area contributed by atoms with Crippen LogP contribution in [-0.2, 0) is 0 Å². The summed E-state index contributed by atoms with van der Waals surface area (Å²) in [6.45, 7) is 33.4. The number of piperazine rings is 2. The molecule has 1 aliphatic carbocycles. The lowest BCUT2D eigenvalue weighted by Gasteiger charge is -2.51. The fraction of sp³-hybridized carbons (Fsp3) is 0.457. The van der Waals surface area contributed by atoms with Crippen LogP contribution in [-0.4, -0.2) is 209 Å². The molecule has 14 bridgehead atoms. The molecular weight excluding hydrogens is 1130 g/mol. The van der Waals surface area contributed by atoms with Gasteiger partial charge in [0.2, 0.25) is 0 Å². The number of anilines is 3. The maximum absolute atomic E-state index is 6.42. The topological polar surface area (TPSA) is 162 Å². The van der Waals surface area contributed by atoms with Gasteiger partial charge in [0.15, 0.2) is 16.9 Å². The standard InChI is InChI=1S/2C25H32N6O.C20H23N5O/c1-17-4-7-20-12-21(17)22-13-27-31-10-8-23(28-24(22)31)26-9-11-29-16-25(2,3)30(18-5-6-18)14-19(29)15-32-20;1-5-10-30-15-19-16-32-20-7-6-18(2)21(13-20)22-14-27-31-11-8-23(28-24(22)31)26-9-12-29(19)17-25(30,3)4;1-14-3-4-16-11-17(14)18-12-21-25-8-6-19(22-20(18)25)23(2)15-5-7-24(13-15)9-10-26-16/h4,7-8,10,12-13,18-19H,5-6,9,11,14-16H2,1-3H3,(H,26,28);5-8,11,13-14,19H,1,9-10,12,15-17H2,2-4H3,(H,26,28);3-4,6,8,11-12,15H,5,7,9-10,13H2,1-2H3/t2*19-;15-/m001/s1. The van der Waals surface area contributed by atoms with Crippen molar-refractivity contribution >= 4 is 34.4 Å². The van der Waals surface area contributed by atoms with Gasteiger partial charge in [0.1, 0.15) is 54.5 Å². The Hall–Kier alpha value is -8.14. The van der Waals surface area contributed by atoms with Crippen molar-refractivity contribution in [2.24, 2.45) is 0 Å². The minimum atomic E-state index is 0.0802. The third-order valence-corrected chi connectivity index (χ3v) is 19.7. The Morgan fingerprint density at radius 2 is 1.03 bits per heavy atom. The molecule has 470 valence electrons. The van der Waals surface area contributed by atoms with E-state index in [2.05, 4.69) is 178 Å². The average molecular weight is 1210 g/mol. The van der Waals surface area contributed by atoms with Gasteiger partial charge in [-0.2, -0.15) is 15.3 Å². The van der Waals surface area contributed by atoms with Crippen molar-refractivity contribution in [3.05, 3.63) is 139 Å². The Bertz CT molecular complexity index is 4070. The molecule has 2 N–H and O–H groups in total. The maximum Gasteiger partial charge on any atom is 0.165 e. The van der Waals surface area contributed by atoms with Gasteiger partial charge in [-0.3, -0.25) is 24.5 Å². The van der Waals surface area contributed by atoms with Crippen LogP contribution in [0.4, 0.5) is 17.5 Å². The first-order chi connectivity index (χ1) is 43.6. The molecule has 4 atom stereocenters. The fourth-order valence-electron chi connectivity index (χ4n) is 14.4. The van der Waals surface area contributed by atoms with Gasteiger partial charge in [-0.15, -0.1) is 6.58 Å². The minimum Gasteiger partial charge on any atom is -0.492 e. The van der Waals surface area contributed by atoms with Crippen molar-refractivity contribution in [3.8, 4) is 50.6 Å². The number of nitrogens with zero attached hydrogens (tertiary/aromatic N) is 15. The molecule has 90 heavy (non-hydrogen) atoms. The number of nitrogens with one attached hydrogen (secondary N) is 2. The average Bonchev–Trinajstić information content (AvgIpc) is 1.58. The number of likely N-dealkylation sites (N-methyl/N-ethyl adjacent to an activating group) is 1.